The highest BCUT2D eigenvalue weighted by atomic mass is 79.9. The molecule has 1 fully saturated rings. The maximum absolute atomic E-state index is 13.0. The Morgan fingerprint density at radius 3 is 2.31 bits per heavy atom. The van der Waals surface area contributed by atoms with Gasteiger partial charge in [0.15, 0.2) is 0 Å². The first-order chi connectivity index (χ1) is 13.7. The monoisotopic (exact) mass is 480 g/mol. The van der Waals surface area contributed by atoms with E-state index in [1.807, 2.05) is 0 Å². The second-order valence-electron chi connectivity index (χ2n) is 7.63. The first kappa shape index (κ1) is 21.6. The highest BCUT2D eigenvalue weighted by molar-refractivity contribution is 9.10. The Bertz CT molecular complexity index is 982. The molecule has 0 aliphatic carbocycles. The number of benzene rings is 2. The fraction of sp³-hybridized carbons (Fsp3) is 0.381. The van der Waals surface area contributed by atoms with Crippen molar-refractivity contribution >= 4 is 37.5 Å². The van der Waals surface area contributed by atoms with Crippen LogP contribution >= 0.6 is 15.9 Å². The number of nitrogens with zero attached hydrogens (tertiary/aromatic N) is 1. The summed E-state index contributed by atoms with van der Waals surface area (Å²) in [7, 11) is -2.53. The Morgan fingerprint density at radius 2 is 1.72 bits per heavy atom. The van der Waals surface area contributed by atoms with Crippen molar-refractivity contribution < 1.29 is 17.9 Å². The third-order valence-corrected chi connectivity index (χ3v) is 6.88. The number of sulfonamides is 1. The Hall–Kier alpha value is -2.06. The zero-order chi connectivity index (χ0) is 21.2. The summed E-state index contributed by atoms with van der Waals surface area (Å²) >= 11 is 3.33. The molecule has 1 aliphatic rings. The van der Waals surface area contributed by atoms with E-state index in [-0.39, 0.29) is 16.6 Å². The highest BCUT2D eigenvalue weighted by Crippen LogP contribution is 2.29. The normalized spacial score (nSPS) is 19.7. The van der Waals surface area contributed by atoms with Gasteiger partial charge in [-0.3, -0.25) is 9.52 Å². The highest BCUT2D eigenvalue weighted by Gasteiger charge is 2.28. The molecule has 2 aromatic carbocycles. The second kappa shape index (κ2) is 8.75. The van der Waals surface area contributed by atoms with Crippen molar-refractivity contribution in [2.75, 3.05) is 24.9 Å². The molecular formula is C21H25BrN2O4S. The van der Waals surface area contributed by atoms with Crippen molar-refractivity contribution in [3.8, 4) is 5.75 Å². The van der Waals surface area contributed by atoms with Gasteiger partial charge in [0.2, 0.25) is 0 Å². The van der Waals surface area contributed by atoms with Crippen molar-refractivity contribution in [2.24, 2.45) is 11.8 Å². The molecule has 8 heteroatoms. The van der Waals surface area contributed by atoms with Gasteiger partial charge >= 0.3 is 0 Å². The van der Waals surface area contributed by atoms with Crippen molar-refractivity contribution in [1.29, 1.82) is 0 Å². The van der Waals surface area contributed by atoms with Gasteiger partial charge in [-0.2, -0.15) is 0 Å². The van der Waals surface area contributed by atoms with Crippen LogP contribution in [0, 0.1) is 11.8 Å². The molecular weight excluding hydrogens is 456 g/mol. The van der Waals surface area contributed by atoms with Gasteiger partial charge in [-0.25, -0.2) is 8.42 Å². The molecule has 6 nitrogen and oxygen atoms in total. The molecule has 1 saturated heterocycles. The molecule has 2 aromatic rings. The molecule has 0 bridgehead atoms. The Labute approximate surface area is 180 Å². The van der Waals surface area contributed by atoms with Crippen molar-refractivity contribution in [1.82, 2.24) is 4.90 Å². The van der Waals surface area contributed by atoms with E-state index in [1.54, 1.807) is 35.2 Å². The van der Waals surface area contributed by atoms with E-state index in [9.17, 15) is 13.2 Å². The van der Waals surface area contributed by atoms with Gasteiger partial charge in [-0.1, -0.05) is 29.8 Å². The minimum atomic E-state index is -3.94. The van der Waals surface area contributed by atoms with E-state index >= 15 is 0 Å². The number of likely N-dealkylation sites (tertiary alicyclic amines) is 1. The number of hydrogen-bond acceptors (Lipinski definition) is 4. The molecule has 1 heterocycles. The molecule has 0 saturated carbocycles. The zero-order valence-electron chi connectivity index (χ0n) is 16.7. The largest absolute Gasteiger partial charge is 0.495 e. The lowest BCUT2D eigenvalue weighted by atomic mass is 9.91. The molecule has 1 aliphatic heterocycles. The average Bonchev–Trinajstić information content (AvgIpc) is 2.67. The van der Waals surface area contributed by atoms with Gasteiger partial charge in [0.05, 0.1) is 7.11 Å². The summed E-state index contributed by atoms with van der Waals surface area (Å²) in [4.78, 5) is 14.8. The third kappa shape index (κ3) is 5.11. The number of carbonyl (C=O) groups is 1. The second-order valence-corrected chi connectivity index (χ2v) is 10.2. The van der Waals surface area contributed by atoms with Crippen LogP contribution in [0.2, 0.25) is 0 Å². The Morgan fingerprint density at radius 1 is 1.10 bits per heavy atom. The number of piperidine rings is 1. The predicted molar refractivity (Wildman–Crippen MR) is 117 cm³/mol. The van der Waals surface area contributed by atoms with Crippen LogP contribution in [0.1, 0.15) is 30.6 Å². The molecule has 1 amide bonds. The maximum atomic E-state index is 13.0. The fourth-order valence-corrected chi connectivity index (χ4v) is 5.28. The van der Waals surface area contributed by atoms with E-state index in [1.165, 1.54) is 19.2 Å². The number of amides is 1. The quantitative estimate of drug-likeness (QED) is 0.688. The predicted octanol–water partition coefficient (Wildman–Crippen LogP) is 4.38. The number of rotatable bonds is 5. The van der Waals surface area contributed by atoms with Crippen LogP contribution in [0.4, 0.5) is 5.69 Å². The zero-order valence-corrected chi connectivity index (χ0v) is 19.1. The van der Waals surface area contributed by atoms with Crippen molar-refractivity contribution in [3.63, 3.8) is 0 Å². The molecule has 2 atom stereocenters. The van der Waals surface area contributed by atoms with E-state index in [4.69, 9.17) is 4.74 Å². The van der Waals surface area contributed by atoms with Crippen LogP contribution in [-0.4, -0.2) is 39.4 Å². The SMILES string of the molecule is COc1ccc(C(=O)N2CC(C)CC(C)C2)cc1S(=O)(=O)Nc1ccc(Br)cc1. The van der Waals surface area contributed by atoms with E-state index < -0.39 is 10.0 Å². The number of carbonyl (C=O) groups excluding carboxylic acids is 1. The van der Waals surface area contributed by atoms with Crippen LogP contribution in [0.3, 0.4) is 0 Å². The molecule has 156 valence electrons. The fourth-order valence-electron chi connectivity index (χ4n) is 3.76. The third-order valence-electron chi connectivity index (χ3n) is 4.95. The van der Waals surface area contributed by atoms with E-state index in [0.29, 0.717) is 36.2 Å². The molecule has 1 N–H and O–H groups in total. The summed E-state index contributed by atoms with van der Waals surface area (Å²) in [5.41, 5.74) is 0.758. The van der Waals surface area contributed by atoms with E-state index in [0.717, 1.165) is 10.9 Å². The van der Waals surface area contributed by atoms with Gasteiger partial charge < -0.3 is 9.64 Å². The maximum Gasteiger partial charge on any atom is 0.265 e. The van der Waals surface area contributed by atoms with Crippen LogP contribution in [-0.2, 0) is 10.0 Å². The topological polar surface area (TPSA) is 75.7 Å². The van der Waals surface area contributed by atoms with Crippen molar-refractivity contribution in [2.45, 2.75) is 25.2 Å². The smallest absolute Gasteiger partial charge is 0.265 e. The van der Waals surface area contributed by atoms with Crippen LogP contribution in [0.5, 0.6) is 5.75 Å². The molecule has 0 aromatic heterocycles. The van der Waals surface area contributed by atoms with Gasteiger partial charge in [0, 0.05) is 28.8 Å². The lowest BCUT2D eigenvalue weighted by molar-refractivity contribution is 0.0623. The molecule has 2 unspecified atom stereocenters. The minimum absolute atomic E-state index is 0.0631. The van der Waals surface area contributed by atoms with Gasteiger partial charge in [0.1, 0.15) is 10.6 Å². The number of ether oxygens (including phenoxy) is 1. The number of hydrogen-bond donors (Lipinski definition) is 1. The van der Waals surface area contributed by atoms with Crippen LogP contribution < -0.4 is 9.46 Å². The van der Waals surface area contributed by atoms with Crippen LogP contribution in [0.25, 0.3) is 0 Å². The lowest BCUT2D eigenvalue weighted by Gasteiger charge is -2.35. The Balaban J connectivity index is 1.92. The summed E-state index contributed by atoms with van der Waals surface area (Å²) in [6.45, 7) is 5.60. The first-order valence-electron chi connectivity index (χ1n) is 9.45. The number of methoxy groups -OCH3 is 1. The molecule has 29 heavy (non-hydrogen) atoms. The first-order valence-corrected chi connectivity index (χ1v) is 11.7. The van der Waals surface area contributed by atoms with Crippen molar-refractivity contribution in [3.05, 3.63) is 52.5 Å². The minimum Gasteiger partial charge on any atom is -0.495 e. The molecule has 3 rings (SSSR count). The standard InChI is InChI=1S/C21H25BrN2O4S/c1-14-10-15(2)13-24(12-14)21(25)16-4-9-19(28-3)20(11-16)29(26,27)23-18-7-5-17(22)6-8-18/h4-9,11,14-15,23H,10,12-13H2,1-3H3. The summed E-state index contributed by atoms with van der Waals surface area (Å²) < 4.78 is 34.6. The van der Waals surface area contributed by atoms with Gasteiger partial charge in [-0.15, -0.1) is 0 Å². The lowest BCUT2D eigenvalue weighted by Crippen LogP contribution is -2.42. The van der Waals surface area contributed by atoms with E-state index in [2.05, 4.69) is 34.5 Å². The molecule has 0 spiro atoms. The molecule has 0 radical (unpaired) electrons. The summed E-state index contributed by atoms with van der Waals surface area (Å²) in [6, 6.07) is 11.3. The Kier molecular flexibility index (Phi) is 6.53. The summed E-state index contributed by atoms with van der Waals surface area (Å²) in [5.74, 6) is 0.865. The van der Waals surface area contributed by atoms with Crippen LogP contribution in [0.15, 0.2) is 51.8 Å². The average molecular weight is 481 g/mol. The number of anilines is 1. The summed E-state index contributed by atoms with van der Waals surface area (Å²) in [5, 5.41) is 0. The summed E-state index contributed by atoms with van der Waals surface area (Å²) in [6.07, 6.45) is 1.09. The van der Waals surface area contributed by atoms with Gasteiger partial charge in [0.25, 0.3) is 15.9 Å². The number of halogens is 1. The number of nitrogens with one attached hydrogen (secondary N) is 1. The van der Waals surface area contributed by atoms with Gasteiger partial charge in [-0.05, 0) is 60.7 Å².